The van der Waals surface area contributed by atoms with E-state index in [9.17, 15) is 9.59 Å². The lowest BCUT2D eigenvalue weighted by Gasteiger charge is -2.12. The van der Waals surface area contributed by atoms with E-state index in [1.807, 2.05) is 33.8 Å². The summed E-state index contributed by atoms with van der Waals surface area (Å²) in [7, 11) is 0. The van der Waals surface area contributed by atoms with Crippen molar-refractivity contribution in [3.63, 3.8) is 0 Å². The largest absolute Gasteiger partial charge is 0.481 e. The van der Waals surface area contributed by atoms with Gasteiger partial charge in [0.25, 0.3) is 5.95 Å². The van der Waals surface area contributed by atoms with Crippen molar-refractivity contribution < 1.29 is 14.7 Å². The van der Waals surface area contributed by atoms with Gasteiger partial charge in [0.05, 0.1) is 18.0 Å². The van der Waals surface area contributed by atoms with E-state index < -0.39 is 5.97 Å². The first kappa shape index (κ1) is 19.0. The predicted octanol–water partition coefficient (Wildman–Crippen LogP) is 1.81. The van der Waals surface area contributed by atoms with Crippen molar-refractivity contribution in [3.8, 4) is 5.95 Å². The van der Waals surface area contributed by atoms with E-state index in [4.69, 9.17) is 5.11 Å². The van der Waals surface area contributed by atoms with Crippen molar-refractivity contribution in [2.24, 2.45) is 5.92 Å². The Labute approximate surface area is 158 Å². The van der Waals surface area contributed by atoms with Crippen LogP contribution in [0.1, 0.15) is 47.6 Å². The fourth-order valence-corrected chi connectivity index (χ4v) is 3.70. The SMILES string of the molecule is Cc1cc(C)nc(-n2nc(C)c(CC(=O)N[C@@H]3CC[C@H](C(=O)O)C3)c2C)n1. The Hall–Kier alpha value is -2.77. The molecule has 1 saturated carbocycles. The van der Waals surface area contributed by atoms with Gasteiger partial charge in [-0.3, -0.25) is 9.59 Å². The second-order valence-corrected chi connectivity index (χ2v) is 7.30. The molecule has 1 aliphatic carbocycles. The van der Waals surface area contributed by atoms with Crippen LogP contribution in [-0.2, 0) is 16.0 Å². The summed E-state index contributed by atoms with van der Waals surface area (Å²) in [4.78, 5) is 32.4. The first-order valence-electron chi connectivity index (χ1n) is 9.14. The molecule has 0 bridgehead atoms. The summed E-state index contributed by atoms with van der Waals surface area (Å²) in [5.74, 6) is -0.755. The van der Waals surface area contributed by atoms with Gasteiger partial charge in [0, 0.05) is 28.7 Å². The number of aryl methyl sites for hydroxylation is 3. The normalized spacial score (nSPS) is 19.3. The van der Waals surface area contributed by atoms with Crippen LogP contribution >= 0.6 is 0 Å². The van der Waals surface area contributed by atoms with Gasteiger partial charge in [-0.05, 0) is 53.0 Å². The Morgan fingerprint density at radius 1 is 1.19 bits per heavy atom. The second kappa shape index (κ2) is 7.46. The highest BCUT2D eigenvalue weighted by Gasteiger charge is 2.30. The number of amides is 1. The fourth-order valence-electron chi connectivity index (χ4n) is 3.70. The summed E-state index contributed by atoms with van der Waals surface area (Å²) in [6.07, 6.45) is 2.02. The highest BCUT2D eigenvalue weighted by molar-refractivity contribution is 5.79. The Balaban J connectivity index is 1.73. The minimum absolute atomic E-state index is 0.0722. The van der Waals surface area contributed by atoms with Gasteiger partial charge in [-0.25, -0.2) is 14.6 Å². The van der Waals surface area contributed by atoms with E-state index >= 15 is 0 Å². The van der Waals surface area contributed by atoms with Gasteiger partial charge in [-0.2, -0.15) is 5.10 Å². The van der Waals surface area contributed by atoms with Gasteiger partial charge in [0.2, 0.25) is 5.91 Å². The first-order valence-corrected chi connectivity index (χ1v) is 9.14. The number of rotatable bonds is 5. The van der Waals surface area contributed by atoms with Crippen molar-refractivity contribution in [1.82, 2.24) is 25.1 Å². The van der Waals surface area contributed by atoms with E-state index in [-0.39, 0.29) is 24.3 Å². The molecule has 2 aromatic rings. The molecule has 2 heterocycles. The zero-order chi connectivity index (χ0) is 19.7. The highest BCUT2D eigenvalue weighted by atomic mass is 16.4. The standard InChI is InChI=1S/C19H25N5O3/c1-10-7-11(2)21-19(20-10)24-13(4)16(12(3)23-24)9-17(25)22-15-6-5-14(8-15)18(26)27/h7,14-15H,5-6,8-9H2,1-4H3,(H,22,25)(H,26,27)/t14-,15+/m0/s1. The predicted molar refractivity (Wildman–Crippen MR) is 98.7 cm³/mol. The molecule has 1 amide bonds. The molecule has 144 valence electrons. The molecule has 3 rings (SSSR count). The molecule has 27 heavy (non-hydrogen) atoms. The van der Waals surface area contributed by atoms with Crippen LogP contribution in [0.3, 0.4) is 0 Å². The Morgan fingerprint density at radius 3 is 2.44 bits per heavy atom. The first-order chi connectivity index (χ1) is 12.7. The smallest absolute Gasteiger partial charge is 0.306 e. The molecule has 2 aromatic heterocycles. The van der Waals surface area contributed by atoms with Crippen LogP contribution in [0.15, 0.2) is 6.07 Å². The van der Waals surface area contributed by atoms with Gasteiger partial charge >= 0.3 is 5.97 Å². The lowest BCUT2D eigenvalue weighted by atomic mass is 10.1. The number of nitrogens with zero attached hydrogens (tertiary/aromatic N) is 4. The average Bonchev–Trinajstić information content (AvgIpc) is 3.14. The molecular weight excluding hydrogens is 346 g/mol. The van der Waals surface area contributed by atoms with Crippen LogP contribution < -0.4 is 5.32 Å². The quantitative estimate of drug-likeness (QED) is 0.829. The monoisotopic (exact) mass is 371 g/mol. The number of aromatic nitrogens is 4. The van der Waals surface area contributed by atoms with Crippen molar-refractivity contribution in [2.75, 3.05) is 0 Å². The number of carbonyl (C=O) groups excluding carboxylic acids is 1. The van der Waals surface area contributed by atoms with Gasteiger partial charge in [0.1, 0.15) is 0 Å². The number of carbonyl (C=O) groups is 2. The van der Waals surface area contributed by atoms with Gasteiger partial charge in [0.15, 0.2) is 0 Å². The van der Waals surface area contributed by atoms with Crippen molar-refractivity contribution in [3.05, 3.63) is 34.4 Å². The molecule has 8 heteroatoms. The zero-order valence-corrected chi connectivity index (χ0v) is 16.1. The third-order valence-electron chi connectivity index (χ3n) is 5.09. The Bertz CT molecular complexity index is 869. The molecular formula is C19H25N5O3. The summed E-state index contributed by atoms with van der Waals surface area (Å²) in [6, 6.07) is 1.83. The number of aliphatic carboxylic acids is 1. The molecule has 0 unspecified atom stereocenters. The van der Waals surface area contributed by atoms with Crippen LogP contribution in [0.4, 0.5) is 0 Å². The van der Waals surface area contributed by atoms with Crippen LogP contribution in [-0.4, -0.2) is 42.8 Å². The molecule has 1 fully saturated rings. The van der Waals surface area contributed by atoms with Crippen LogP contribution in [0.25, 0.3) is 5.95 Å². The van der Waals surface area contributed by atoms with Crippen molar-refractivity contribution >= 4 is 11.9 Å². The summed E-state index contributed by atoms with van der Waals surface area (Å²) in [5.41, 5.74) is 4.17. The molecule has 2 N–H and O–H groups in total. The van der Waals surface area contributed by atoms with Crippen molar-refractivity contribution in [2.45, 2.75) is 59.4 Å². The zero-order valence-electron chi connectivity index (χ0n) is 16.1. The maximum absolute atomic E-state index is 12.5. The topological polar surface area (TPSA) is 110 Å². The molecule has 2 atom stereocenters. The number of carboxylic acid groups (broad SMARTS) is 1. The van der Waals surface area contributed by atoms with Crippen LogP contribution in [0.2, 0.25) is 0 Å². The Morgan fingerprint density at radius 2 is 1.85 bits per heavy atom. The molecule has 1 aliphatic rings. The van der Waals surface area contributed by atoms with Crippen LogP contribution in [0.5, 0.6) is 0 Å². The highest BCUT2D eigenvalue weighted by Crippen LogP contribution is 2.26. The van der Waals surface area contributed by atoms with Gasteiger partial charge in [-0.1, -0.05) is 0 Å². The molecule has 0 saturated heterocycles. The van der Waals surface area contributed by atoms with Gasteiger partial charge in [-0.15, -0.1) is 0 Å². The summed E-state index contributed by atoms with van der Waals surface area (Å²) >= 11 is 0. The maximum atomic E-state index is 12.5. The fraction of sp³-hybridized carbons (Fsp3) is 0.526. The van der Waals surface area contributed by atoms with E-state index in [1.165, 1.54) is 0 Å². The maximum Gasteiger partial charge on any atom is 0.306 e. The second-order valence-electron chi connectivity index (χ2n) is 7.30. The third-order valence-corrected chi connectivity index (χ3v) is 5.09. The van der Waals surface area contributed by atoms with Crippen molar-refractivity contribution in [1.29, 1.82) is 0 Å². The molecule has 0 spiro atoms. The number of carboxylic acids is 1. The van der Waals surface area contributed by atoms with E-state index in [1.54, 1.807) is 4.68 Å². The molecule has 0 aliphatic heterocycles. The number of hydrogen-bond acceptors (Lipinski definition) is 5. The minimum atomic E-state index is -0.784. The summed E-state index contributed by atoms with van der Waals surface area (Å²) in [6.45, 7) is 7.58. The molecule has 0 aromatic carbocycles. The number of hydrogen-bond donors (Lipinski definition) is 2. The lowest BCUT2D eigenvalue weighted by Crippen LogP contribution is -2.34. The summed E-state index contributed by atoms with van der Waals surface area (Å²) < 4.78 is 1.67. The Kier molecular flexibility index (Phi) is 5.25. The van der Waals surface area contributed by atoms with E-state index in [0.29, 0.717) is 25.2 Å². The molecule has 0 radical (unpaired) electrons. The average molecular weight is 371 g/mol. The number of nitrogens with one attached hydrogen (secondary N) is 1. The van der Waals surface area contributed by atoms with Gasteiger partial charge < -0.3 is 10.4 Å². The lowest BCUT2D eigenvalue weighted by molar-refractivity contribution is -0.141. The van der Waals surface area contributed by atoms with E-state index in [2.05, 4.69) is 20.4 Å². The molecule has 8 nitrogen and oxygen atoms in total. The third kappa shape index (κ3) is 4.15. The van der Waals surface area contributed by atoms with Crippen LogP contribution in [0, 0.1) is 33.6 Å². The summed E-state index contributed by atoms with van der Waals surface area (Å²) in [5, 5.41) is 16.6. The minimum Gasteiger partial charge on any atom is -0.481 e. The van der Waals surface area contributed by atoms with E-state index in [0.717, 1.165) is 28.3 Å².